The molecule has 18 heavy (non-hydrogen) atoms. The number of alkyl halides is 1. The topological polar surface area (TPSA) is 17.8 Å². The number of imidazole rings is 1. The number of para-hydroxylation sites is 2. The van der Waals surface area contributed by atoms with Gasteiger partial charge in [0.15, 0.2) is 0 Å². The van der Waals surface area contributed by atoms with E-state index in [4.69, 9.17) is 16.6 Å². The molecule has 1 aromatic heterocycles. The van der Waals surface area contributed by atoms with E-state index in [0.29, 0.717) is 5.88 Å². The summed E-state index contributed by atoms with van der Waals surface area (Å²) in [7, 11) is 0. The highest BCUT2D eigenvalue weighted by Crippen LogP contribution is 2.28. The van der Waals surface area contributed by atoms with Gasteiger partial charge in [0.1, 0.15) is 5.82 Å². The number of aromatic nitrogens is 2. The van der Waals surface area contributed by atoms with Crippen molar-refractivity contribution in [2.75, 3.05) is 5.88 Å². The summed E-state index contributed by atoms with van der Waals surface area (Å²) in [6.07, 6.45) is 6.38. The standard InChI is InChI=1S/C15H19ClN2/c16-10-9-15-17-13-7-3-4-8-14(13)18(15)11-12-5-1-2-6-12/h3-4,7-8,12H,1-2,5-6,9-11H2. The van der Waals surface area contributed by atoms with Gasteiger partial charge in [-0.1, -0.05) is 25.0 Å². The Balaban J connectivity index is 1.97. The molecule has 0 bridgehead atoms. The Bertz CT molecular complexity index is 526. The quantitative estimate of drug-likeness (QED) is 0.762. The van der Waals surface area contributed by atoms with Crippen LogP contribution in [0.15, 0.2) is 24.3 Å². The van der Waals surface area contributed by atoms with Gasteiger partial charge in [0, 0.05) is 18.8 Å². The Kier molecular flexibility index (Phi) is 3.55. The third kappa shape index (κ3) is 2.26. The molecule has 0 aliphatic heterocycles. The molecular weight excluding hydrogens is 244 g/mol. The average molecular weight is 263 g/mol. The van der Waals surface area contributed by atoms with Crippen LogP contribution in [0.2, 0.25) is 0 Å². The molecule has 0 N–H and O–H groups in total. The molecule has 1 saturated carbocycles. The van der Waals surface area contributed by atoms with Crippen molar-refractivity contribution in [3.05, 3.63) is 30.1 Å². The summed E-state index contributed by atoms with van der Waals surface area (Å²) < 4.78 is 2.40. The van der Waals surface area contributed by atoms with Crippen LogP contribution in [-0.2, 0) is 13.0 Å². The molecule has 2 nitrogen and oxygen atoms in total. The second kappa shape index (κ2) is 5.31. The molecule has 0 atom stereocenters. The Morgan fingerprint density at radius 3 is 2.78 bits per heavy atom. The molecule has 1 heterocycles. The van der Waals surface area contributed by atoms with E-state index in [-0.39, 0.29) is 0 Å². The predicted octanol–water partition coefficient (Wildman–Crippen LogP) is 4.01. The molecule has 3 rings (SSSR count). The van der Waals surface area contributed by atoms with E-state index in [1.165, 1.54) is 31.2 Å². The maximum atomic E-state index is 5.90. The highest BCUT2D eigenvalue weighted by Gasteiger charge is 2.18. The number of halogens is 1. The van der Waals surface area contributed by atoms with Gasteiger partial charge in [-0.2, -0.15) is 0 Å². The zero-order valence-corrected chi connectivity index (χ0v) is 11.4. The van der Waals surface area contributed by atoms with Gasteiger partial charge in [0.2, 0.25) is 0 Å². The second-order valence-corrected chi connectivity index (χ2v) is 5.59. The van der Waals surface area contributed by atoms with Gasteiger partial charge in [0.05, 0.1) is 11.0 Å². The van der Waals surface area contributed by atoms with Crippen LogP contribution < -0.4 is 0 Å². The van der Waals surface area contributed by atoms with Crippen LogP contribution >= 0.6 is 11.6 Å². The maximum Gasteiger partial charge on any atom is 0.111 e. The first-order valence-electron chi connectivity index (χ1n) is 6.88. The third-order valence-electron chi connectivity index (χ3n) is 3.97. The van der Waals surface area contributed by atoms with Crippen molar-refractivity contribution >= 4 is 22.6 Å². The van der Waals surface area contributed by atoms with Crippen LogP contribution in [0, 0.1) is 5.92 Å². The summed E-state index contributed by atoms with van der Waals surface area (Å²) in [5.74, 6) is 2.63. The molecule has 1 aliphatic carbocycles. The summed E-state index contributed by atoms with van der Waals surface area (Å²) in [5, 5.41) is 0. The summed E-state index contributed by atoms with van der Waals surface area (Å²) in [5.41, 5.74) is 2.38. The van der Waals surface area contributed by atoms with Crippen molar-refractivity contribution in [1.29, 1.82) is 0 Å². The molecule has 2 aromatic rings. The summed E-state index contributed by atoms with van der Waals surface area (Å²) >= 11 is 5.90. The Morgan fingerprint density at radius 1 is 1.22 bits per heavy atom. The minimum absolute atomic E-state index is 0.647. The van der Waals surface area contributed by atoms with E-state index in [1.54, 1.807) is 0 Å². The first kappa shape index (κ1) is 12.0. The first-order valence-corrected chi connectivity index (χ1v) is 7.42. The van der Waals surface area contributed by atoms with Gasteiger partial charge in [-0.15, -0.1) is 11.6 Å². The Hall–Kier alpha value is -1.02. The number of rotatable bonds is 4. The average Bonchev–Trinajstić information content (AvgIpc) is 3.00. The normalized spacial score (nSPS) is 16.7. The lowest BCUT2D eigenvalue weighted by molar-refractivity contribution is 0.455. The minimum atomic E-state index is 0.647. The van der Waals surface area contributed by atoms with Crippen LogP contribution in [0.4, 0.5) is 0 Å². The first-order chi connectivity index (χ1) is 8.88. The van der Waals surface area contributed by atoms with Crippen LogP contribution in [-0.4, -0.2) is 15.4 Å². The van der Waals surface area contributed by atoms with Crippen molar-refractivity contribution < 1.29 is 0 Å². The van der Waals surface area contributed by atoms with Gasteiger partial charge in [-0.25, -0.2) is 4.98 Å². The van der Waals surface area contributed by atoms with Crippen molar-refractivity contribution in [3.63, 3.8) is 0 Å². The van der Waals surface area contributed by atoms with E-state index in [9.17, 15) is 0 Å². The fourth-order valence-electron chi connectivity index (χ4n) is 3.06. The number of fused-ring (bicyclic) bond motifs is 1. The molecular formula is C15H19ClN2. The predicted molar refractivity (Wildman–Crippen MR) is 76.1 cm³/mol. The summed E-state index contributed by atoms with van der Waals surface area (Å²) in [6.45, 7) is 1.12. The lowest BCUT2D eigenvalue weighted by Gasteiger charge is -2.13. The zero-order chi connectivity index (χ0) is 12.4. The molecule has 1 fully saturated rings. The molecule has 1 aromatic carbocycles. The van der Waals surface area contributed by atoms with Crippen molar-refractivity contribution in [3.8, 4) is 0 Å². The maximum absolute atomic E-state index is 5.90. The minimum Gasteiger partial charge on any atom is -0.328 e. The van der Waals surface area contributed by atoms with Crippen molar-refractivity contribution in [2.24, 2.45) is 5.92 Å². The van der Waals surface area contributed by atoms with Crippen LogP contribution in [0.25, 0.3) is 11.0 Å². The van der Waals surface area contributed by atoms with Crippen molar-refractivity contribution in [1.82, 2.24) is 9.55 Å². The van der Waals surface area contributed by atoms with E-state index in [2.05, 4.69) is 28.8 Å². The summed E-state index contributed by atoms with van der Waals surface area (Å²) in [6, 6.07) is 8.42. The largest absolute Gasteiger partial charge is 0.328 e. The van der Waals surface area contributed by atoms with Crippen molar-refractivity contribution in [2.45, 2.75) is 38.6 Å². The molecule has 1 aliphatic rings. The van der Waals surface area contributed by atoms with Gasteiger partial charge < -0.3 is 4.57 Å². The monoisotopic (exact) mass is 262 g/mol. The second-order valence-electron chi connectivity index (χ2n) is 5.22. The van der Waals surface area contributed by atoms with Gasteiger partial charge in [-0.3, -0.25) is 0 Å². The molecule has 0 spiro atoms. The summed E-state index contributed by atoms with van der Waals surface area (Å²) in [4.78, 5) is 4.72. The van der Waals surface area contributed by atoms with E-state index in [0.717, 1.165) is 30.2 Å². The van der Waals surface area contributed by atoms with Crippen LogP contribution in [0.1, 0.15) is 31.5 Å². The molecule has 0 amide bonds. The number of hydrogen-bond donors (Lipinski definition) is 0. The van der Waals surface area contributed by atoms with Gasteiger partial charge in [0.25, 0.3) is 0 Å². The molecule has 0 unspecified atom stereocenters. The SMILES string of the molecule is ClCCc1nc2ccccc2n1CC1CCCC1. The van der Waals surface area contributed by atoms with E-state index >= 15 is 0 Å². The Labute approximate surface area is 113 Å². The van der Waals surface area contributed by atoms with Gasteiger partial charge in [-0.05, 0) is 30.9 Å². The molecule has 96 valence electrons. The number of hydrogen-bond acceptors (Lipinski definition) is 1. The Morgan fingerprint density at radius 2 is 2.00 bits per heavy atom. The zero-order valence-electron chi connectivity index (χ0n) is 10.6. The van der Waals surface area contributed by atoms with Crippen LogP contribution in [0.5, 0.6) is 0 Å². The smallest absolute Gasteiger partial charge is 0.111 e. The van der Waals surface area contributed by atoms with Crippen LogP contribution in [0.3, 0.4) is 0 Å². The lowest BCUT2D eigenvalue weighted by Crippen LogP contribution is -2.11. The fourth-order valence-corrected chi connectivity index (χ4v) is 3.22. The third-order valence-corrected chi connectivity index (χ3v) is 4.16. The highest BCUT2D eigenvalue weighted by molar-refractivity contribution is 6.17. The lowest BCUT2D eigenvalue weighted by atomic mass is 10.1. The molecule has 3 heteroatoms. The highest BCUT2D eigenvalue weighted by atomic mass is 35.5. The fraction of sp³-hybridized carbons (Fsp3) is 0.533. The van der Waals surface area contributed by atoms with Gasteiger partial charge >= 0.3 is 0 Å². The van der Waals surface area contributed by atoms with E-state index in [1.807, 2.05) is 0 Å². The number of nitrogens with zero attached hydrogens (tertiary/aromatic N) is 2. The molecule has 0 saturated heterocycles. The molecule has 0 radical (unpaired) electrons. The number of aryl methyl sites for hydroxylation is 1. The van der Waals surface area contributed by atoms with E-state index < -0.39 is 0 Å². The number of benzene rings is 1.